The lowest BCUT2D eigenvalue weighted by Crippen LogP contribution is -2.38. The number of aromatic nitrogens is 1. The number of anilines is 1. The van der Waals surface area contributed by atoms with Crippen LogP contribution in [0.15, 0.2) is 18.2 Å². The Morgan fingerprint density at radius 1 is 1.59 bits per heavy atom. The standard InChI is InChI=1S/C15H18ClN3O2S/c1-19(9-13(20)17-8-10-4-3-7-21-10)15-18-14-11(16)5-2-6-12(14)22-15/h2,5-6,10H,3-4,7-9H2,1H3,(H,17,20)/t10-/m0/s1. The summed E-state index contributed by atoms with van der Waals surface area (Å²) in [6, 6.07) is 5.70. The van der Waals surface area contributed by atoms with Crippen LogP contribution in [-0.4, -0.2) is 43.7 Å². The zero-order chi connectivity index (χ0) is 15.5. The first-order valence-corrected chi connectivity index (χ1v) is 8.47. The van der Waals surface area contributed by atoms with Crippen LogP contribution in [0.4, 0.5) is 5.13 Å². The number of para-hydroxylation sites is 1. The molecular formula is C15H18ClN3O2S. The average Bonchev–Trinajstić information content (AvgIpc) is 3.15. The summed E-state index contributed by atoms with van der Waals surface area (Å²) in [4.78, 5) is 18.4. The minimum Gasteiger partial charge on any atom is -0.376 e. The van der Waals surface area contributed by atoms with E-state index in [1.54, 1.807) is 0 Å². The predicted octanol–water partition coefficient (Wildman–Crippen LogP) is 2.68. The van der Waals surface area contributed by atoms with Crippen LogP contribution in [0.3, 0.4) is 0 Å². The smallest absolute Gasteiger partial charge is 0.239 e. The van der Waals surface area contributed by atoms with Crippen molar-refractivity contribution in [3.8, 4) is 0 Å². The molecular weight excluding hydrogens is 322 g/mol. The highest BCUT2D eigenvalue weighted by Crippen LogP contribution is 2.32. The van der Waals surface area contributed by atoms with Gasteiger partial charge in [0.1, 0.15) is 5.52 Å². The number of halogens is 1. The fraction of sp³-hybridized carbons (Fsp3) is 0.467. The fourth-order valence-corrected chi connectivity index (χ4v) is 3.66. The Morgan fingerprint density at radius 2 is 2.45 bits per heavy atom. The molecule has 0 unspecified atom stereocenters. The quantitative estimate of drug-likeness (QED) is 0.910. The van der Waals surface area contributed by atoms with E-state index in [1.807, 2.05) is 30.1 Å². The third kappa shape index (κ3) is 3.51. The minimum absolute atomic E-state index is 0.0247. The molecule has 2 heterocycles. The van der Waals surface area contributed by atoms with Crippen molar-refractivity contribution in [2.45, 2.75) is 18.9 Å². The molecule has 118 valence electrons. The SMILES string of the molecule is CN(CC(=O)NC[C@@H]1CCCO1)c1nc2c(Cl)cccc2s1. The van der Waals surface area contributed by atoms with Gasteiger partial charge in [-0.15, -0.1) is 0 Å². The molecule has 1 saturated heterocycles. The predicted molar refractivity (Wildman–Crippen MR) is 89.9 cm³/mol. The van der Waals surface area contributed by atoms with Crippen LogP contribution >= 0.6 is 22.9 Å². The summed E-state index contributed by atoms with van der Waals surface area (Å²) in [6.07, 6.45) is 2.26. The molecule has 22 heavy (non-hydrogen) atoms. The van der Waals surface area contributed by atoms with E-state index in [2.05, 4.69) is 10.3 Å². The molecule has 0 radical (unpaired) electrons. The fourth-order valence-electron chi connectivity index (χ4n) is 2.44. The van der Waals surface area contributed by atoms with Crippen LogP contribution in [0.1, 0.15) is 12.8 Å². The van der Waals surface area contributed by atoms with Crippen LogP contribution in [0.25, 0.3) is 10.2 Å². The maximum Gasteiger partial charge on any atom is 0.239 e. The summed E-state index contributed by atoms with van der Waals surface area (Å²) >= 11 is 7.67. The highest BCUT2D eigenvalue weighted by atomic mass is 35.5. The van der Waals surface area contributed by atoms with Crippen LogP contribution in [0.5, 0.6) is 0 Å². The van der Waals surface area contributed by atoms with Gasteiger partial charge in [-0.1, -0.05) is 29.0 Å². The van der Waals surface area contributed by atoms with Crippen molar-refractivity contribution in [3.05, 3.63) is 23.2 Å². The summed E-state index contributed by atoms with van der Waals surface area (Å²) in [6.45, 7) is 1.65. The van der Waals surface area contributed by atoms with Gasteiger partial charge in [0.05, 0.1) is 22.4 Å². The number of nitrogens with zero attached hydrogens (tertiary/aromatic N) is 2. The van der Waals surface area contributed by atoms with E-state index in [4.69, 9.17) is 16.3 Å². The molecule has 1 atom stereocenters. The number of hydrogen-bond acceptors (Lipinski definition) is 5. The van der Waals surface area contributed by atoms with Gasteiger partial charge in [-0.25, -0.2) is 4.98 Å². The summed E-state index contributed by atoms with van der Waals surface area (Å²) in [5, 5.41) is 4.34. The van der Waals surface area contributed by atoms with E-state index >= 15 is 0 Å². The van der Waals surface area contributed by atoms with Crippen molar-refractivity contribution in [3.63, 3.8) is 0 Å². The van der Waals surface area contributed by atoms with Gasteiger partial charge in [0.15, 0.2) is 5.13 Å². The molecule has 1 amide bonds. The van der Waals surface area contributed by atoms with Crippen molar-refractivity contribution >= 4 is 44.2 Å². The van der Waals surface area contributed by atoms with Gasteiger partial charge in [-0.3, -0.25) is 4.79 Å². The Labute approximate surface area is 138 Å². The molecule has 1 aromatic carbocycles. The molecule has 2 aromatic rings. The van der Waals surface area contributed by atoms with E-state index in [0.29, 0.717) is 11.6 Å². The molecule has 7 heteroatoms. The molecule has 5 nitrogen and oxygen atoms in total. The summed E-state index contributed by atoms with van der Waals surface area (Å²) in [5.74, 6) is -0.0247. The number of nitrogens with one attached hydrogen (secondary N) is 1. The minimum atomic E-state index is -0.0247. The van der Waals surface area contributed by atoms with Crippen LogP contribution in [0, 0.1) is 0 Å². The molecule has 0 spiro atoms. The second-order valence-corrected chi connectivity index (χ2v) is 6.79. The number of ether oxygens (including phenoxy) is 1. The van der Waals surface area contributed by atoms with Crippen molar-refractivity contribution in [1.82, 2.24) is 10.3 Å². The summed E-state index contributed by atoms with van der Waals surface area (Å²) in [5.41, 5.74) is 0.788. The first-order chi connectivity index (χ1) is 10.6. The molecule has 0 saturated carbocycles. The highest BCUT2D eigenvalue weighted by Gasteiger charge is 2.17. The van der Waals surface area contributed by atoms with Crippen LogP contribution < -0.4 is 10.2 Å². The summed E-state index contributed by atoms with van der Waals surface area (Å²) in [7, 11) is 1.86. The highest BCUT2D eigenvalue weighted by molar-refractivity contribution is 7.22. The normalized spacial score (nSPS) is 17.8. The number of hydrogen-bond donors (Lipinski definition) is 1. The average molecular weight is 340 g/mol. The van der Waals surface area contributed by atoms with Gasteiger partial charge in [-0.05, 0) is 25.0 Å². The molecule has 1 aliphatic rings. The molecule has 0 bridgehead atoms. The first-order valence-electron chi connectivity index (χ1n) is 7.28. The molecule has 3 rings (SSSR count). The lowest BCUT2D eigenvalue weighted by Gasteiger charge is -2.16. The zero-order valence-electron chi connectivity index (χ0n) is 12.3. The van der Waals surface area contributed by atoms with Crippen molar-refractivity contribution in [2.24, 2.45) is 0 Å². The first kappa shape index (κ1) is 15.5. The van der Waals surface area contributed by atoms with Crippen molar-refractivity contribution in [1.29, 1.82) is 0 Å². The van der Waals surface area contributed by atoms with Gasteiger partial charge in [0, 0.05) is 20.2 Å². The molecule has 1 N–H and O–H groups in total. The van der Waals surface area contributed by atoms with Crippen molar-refractivity contribution < 1.29 is 9.53 Å². The lowest BCUT2D eigenvalue weighted by molar-refractivity contribution is -0.120. The van der Waals surface area contributed by atoms with Crippen molar-refractivity contribution in [2.75, 3.05) is 31.6 Å². The van der Waals surface area contributed by atoms with Gasteiger partial charge >= 0.3 is 0 Å². The number of carbonyl (C=O) groups is 1. The number of thiazole rings is 1. The van der Waals surface area contributed by atoms with E-state index in [9.17, 15) is 4.79 Å². The van der Waals surface area contributed by atoms with Gasteiger partial charge in [0.25, 0.3) is 0 Å². The Hall–Kier alpha value is -1.37. The van der Waals surface area contributed by atoms with Gasteiger partial charge < -0.3 is 15.0 Å². The number of rotatable bonds is 5. The second kappa shape index (κ2) is 6.81. The Kier molecular flexibility index (Phi) is 4.81. The maximum atomic E-state index is 12.0. The summed E-state index contributed by atoms with van der Waals surface area (Å²) < 4.78 is 6.52. The van der Waals surface area contributed by atoms with E-state index in [-0.39, 0.29) is 18.6 Å². The van der Waals surface area contributed by atoms with Gasteiger partial charge in [0.2, 0.25) is 5.91 Å². The zero-order valence-corrected chi connectivity index (χ0v) is 13.9. The second-order valence-electron chi connectivity index (χ2n) is 5.38. The maximum absolute atomic E-state index is 12.0. The number of amides is 1. The number of likely N-dealkylation sites (N-methyl/N-ethyl adjacent to an activating group) is 1. The van der Waals surface area contributed by atoms with E-state index in [1.165, 1.54) is 11.3 Å². The number of fused-ring (bicyclic) bond motifs is 1. The third-order valence-electron chi connectivity index (χ3n) is 3.62. The number of carbonyl (C=O) groups excluding carboxylic acids is 1. The lowest BCUT2D eigenvalue weighted by atomic mass is 10.2. The molecule has 0 aliphatic carbocycles. The van der Waals surface area contributed by atoms with Gasteiger partial charge in [-0.2, -0.15) is 0 Å². The van der Waals surface area contributed by atoms with Crippen LogP contribution in [-0.2, 0) is 9.53 Å². The third-order valence-corrected chi connectivity index (χ3v) is 5.06. The van der Waals surface area contributed by atoms with E-state index in [0.717, 1.165) is 34.8 Å². The Morgan fingerprint density at radius 3 is 3.18 bits per heavy atom. The molecule has 1 aliphatic heterocycles. The number of benzene rings is 1. The van der Waals surface area contributed by atoms with E-state index < -0.39 is 0 Å². The molecule has 1 fully saturated rings. The monoisotopic (exact) mass is 339 g/mol. The topological polar surface area (TPSA) is 54.5 Å². The molecule has 1 aromatic heterocycles. The largest absolute Gasteiger partial charge is 0.376 e. The van der Waals surface area contributed by atoms with Crippen LogP contribution in [0.2, 0.25) is 5.02 Å². The Bertz CT molecular complexity index is 670. The Balaban J connectivity index is 1.58.